The maximum Gasteiger partial charge on any atom is 0.257 e. The number of aryl methyl sites for hydroxylation is 1. The lowest BCUT2D eigenvalue weighted by Crippen LogP contribution is -2.34. The van der Waals surface area contributed by atoms with Crippen LogP contribution in [0.2, 0.25) is 5.02 Å². The molecule has 1 N–H and O–H groups in total. The summed E-state index contributed by atoms with van der Waals surface area (Å²) in [5, 5.41) is 6.94. The molecule has 1 aromatic heterocycles. The molecule has 0 bridgehead atoms. The first kappa shape index (κ1) is 21.8. The third kappa shape index (κ3) is 4.47. The van der Waals surface area contributed by atoms with Gasteiger partial charge in [0, 0.05) is 6.54 Å². The number of benzene rings is 2. The number of carbonyl (C=O) groups excluding carboxylic acids is 1. The summed E-state index contributed by atoms with van der Waals surface area (Å²) in [6, 6.07) is 11.8. The fourth-order valence-corrected chi connectivity index (χ4v) is 3.51. The highest BCUT2D eigenvalue weighted by Crippen LogP contribution is 2.33. The lowest BCUT2D eigenvalue weighted by atomic mass is 10.0. The maximum absolute atomic E-state index is 14.4. The molecule has 1 atom stereocenters. The second-order valence-electron chi connectivity index (χ2n) is 7.03. The van der Waals surface area contributed by atoms with Crippen LogP contribution in [0.25, 0.3) is 11.3 Å². The summed E-state index contributed by atoms with van der Waals surface area (Å²) in [6.45, 7) is 1.92. The van der Waals surface area contributed by atoms with Crippen molar-refractivity contribution in [3.05, 3.63) is 70.2 Å². The van der Waals surface area contributed by atoms with E-state index in [9.17, 15) is 9.18 Å². The van der Waals surface area contributed by atoms with Gasteiger partial charge in [-0.05, 0) is 50.8 Å². The van der Waals surface area contributed by atoms with E-state index >= 15 is 0 Å². The van der Waals surface area contributed by atoms with Crippen LogP contribution < -0.4 is 10.1 Å². The second kappa shape index (κ2) is 9.28. The summed E-state index contributed by atoms with van der Waals surface area (Å²) < 4.78 is 24.9. The molecule has 0 saturated carbocycles. The van der Waals surface area contributed by atoms with E-state index in [2.05, 4.69) is 10.5 Å². The Kier molecular flexibility index (Phi) is 6.74. The van der Waals surface area contributed by atoms with E-state index < -0.39 is 11.7 Å². The predicted octanol–water partition coefficient (Wildman–Crippen LogP) is 4.48. The zero-order valence-electron chi connectivity index (χ0n) is 17.2. The number of nitrogens with one attached hydrogen (secondary N) is 1. The van der Waals surface area contributed by atoms with Crippen LogP contribution in [0.3, 0.4) is 0 Å². The van der Waals surface area contributed by atoms with E-state index in [0.29, 0.717) is 6.54 Å². The lowest BCUT2D eigenvalue weighted by molar-refractivity contribution is 0.0941. The molecule has 6 nitrogen and oxygen atoms in total. The molecule has 1 amide bonds. The molecule has 3 aromatic rings. The Morgan fingerprint density at radius 2 is 2.03 bits per heavy atom. The number of ether oxygens (including phenoxy) is 1. The Bertz CT molecular complexity index is 1030. The zero-order chi connectivity index (χ0) is 21.8. The molecule has 3 rings (SSSR count). The van der Waals surface area contributed by atoms with Crippen molar-refractivity contribution >= 4 is 17.5 Å². The van der Waals surface area contributed by atoms with Gasteiger partial charge in [-0.15, -0.1) is 0 Å². The van der Waals surface area contributed by atoms with Gasteiger partial charge in [0.1, 0.15) is 28.6 Å². The van der Waals surface area contributed by atoms with E-state index in [0.717, 1.165) is 11.3 Å². The molecule has 30 heavy (non-hydrogen) atoms. The first-order valence-corrected chi connectivity index (χ1v) is 9.70. The van der Waals surface area contributed by atoms with Crippen LogP contribution in [0.5, 0.6) is 5.75 Å². The highest BCUT2D eigenvalue weighted by molar-refractivity contribution is 6.33. The molecular formula is C22H23ClFN3O3. The average molecular weight is 432 g/mol. The van der Waals surface area contributed by atoms with Crippen molar-refractivity contribution in [2.24, 2.45) is 0 Å². The van der Waals surface area contributed by atoms with Gasteiger partial charge in [-0.2, -0.15) is 0 Å². The Labute approximate surface area is 179 Å². The number of nitrogens with zero attached hydrogens (tertiary/aromatic N) is 2. The molecule has 0 spiro atoms. The van der Waals surface area contributed by atoms with Crippen molar-refractivity contribution in [3.63, 3.8) is 0 Å². The van der Waals surface area contributed by atoms with Gasteiger partial charge < -0.3 is 19.5 Å². The second-order valence-corrected chi connectivity index (χ2v) is 7.43. The van der Waals surface area contributed by atoms with Crippen LogP contribution >= 0.6 is 11.6 Å². The van der Waals surface area contributed by atoms with Gasteiger partial charge in [0.05, 0.1) is 23.7 Å². The largest absolute Gasteiger partial charge is 0.497 e. The fourth-order valence-electron chi connectivity index (χ4n) is 3.26. The van der Waals surface area contributed by atoms with Crippen LogP contribution in [-0.4, -0.2) is 43.7 Å². The molecule has 0 aliphatic rings. The first-order valence-electron chi connectivity index (χ1n) is 9.32. The van der Waals surface area contributed by atoms with Crippen molar-refractivity contribution < 1.29 is 18.4 Å². The number of likely N-dealkylation sites (N-methyl/N-ethyl adjacent to an activating group) is 1. The van der Waals surface area contributed by atoms with Gasteiger partial charge in [0.25, 0.3) is 5.91 Å². The zero-order valence-corrected chi connectivity index (χ0v) is 18.0. The Hall–Kier alpha value is -2.90. The van der Waals surface area contributed by atoms with Gasteiger partial charge in [-0.3, -0.25) is 4.79 Å². The SMILES string of the molecule is COc1cccc([C@@H](CNC(=O)c2c(-c3c(F)cccc3Cl)noc2C)N(C)C)c1. The van der Waals surface area contributed by atoms with Gasteiger partial charge in [-0.25, -0.2) is 4.39 Å². The molecule has 0 unspecified atom stereocenters. The van der Waals surface area contributed by atoms with Crippen LogP contribution in [0.1, 0.15) is 27.7 Å². The maximum atomic E-state index is 14.4. The molecule has 0 radical (unpaired) electrons. The standard InChI is InChI=1S/C22H23ClFN3O3/c1-13-19(21(26-30-13)20-16(23)9-6-10-17(20)24)22(28)25-12-18(27(2)3)14-7-5-8-15(11-14)29-4/h5-11,18H,12H2,1-4H3,(H,25,28)/t18-/m1/s1. The number of rotatable bonds is 7. The molecule has 0 aliphatic carbocycles. The minimum Gasteiger partial charge on any atom is -0.497 e. The molecule has 0 aliphatic heterocycles. The lowest BCUT2D eigenvalue weighted by Gasteiger charge is -2.25. The number of hydrogen-bond acceptors (Lipinski definition) is 5. The van der Waals surface area contributed by atoms with Crippen molar-refractivity contribution in [3.8, 4) is 17.0 Å². The van der Waals surface area contributed by atoms with Gasteiger partial charge >= 0.3 is 0 Å². The third-order valence-electron chi connectivity index (χ3n) is 4.85. The molecule has 1 heterocycles. The first-order chi connectivity index (χ1) is 14.3. The van der Waals surface area contributed by atoms with Crippen molar-refractivity contribution in [1.82, 2.24) is 15.4 Å². The minimum absolute atomic E-state index is 0.0399. The van der Waals surface area contributed by atoms with E-state index in [4.69, 9.17) is 20.9 Å². The van der Waals surface area contributed by atoms with Gasteiger partial charge in [-0.1, -0.05) is 35.0 Å². The summed E-state index contributed by atoms with van der Waals surface area (Å²) in [7, 11) is 5.45. The number of methoxy groups -OCH3 is 1. The minimum atomic E-state index is -0.576. The number of halogens is 2. The van der Waals surface area contributed by atoms with Gasteiger partial charge in [0.2, 0.25) is 0 Å². The average Bonchev–Trinajstić information content (AvgIpc) is 3.09. The van der Waals surface area contributed by atoms with Crippen LogP contribution in [0, 0.1) is 12.7 Å². The molecule has 0 saturated heterocycles. The summed E-state index contributed by atoms with van der Waals surface area (Å²) in [5.41, 5.74) is 1.26. The topological polar surface area (TPSA) is 67.6 Å². The quantitative estimate of drug-likeness (QED) is 0.597. The smallest absolute Gasteiger partial charge is 0.257 e. The summed E-state index contributed by atoms with van der Waals surface area (Å²) >= 11 is 6.16. The predicted molar refractivity (Wildman–Crippen MR) is 113 cm³/mol. The van der Waals surface area contributed by atoms with E-state index in [-0.39, 0.29) is 33.6 Å². The number of hydrogen-bond donors (Lipinski definition) is 1. The van der Waals surface area contributed by atoms with Crippen molar-refractivity contribution in [2.45, 2.75) is 13.0 Å². The molecular weight excluding hydrogens is 409 g/mol. The number of amides is 1. The normalized spacial score (nSPS) is 12.1. The summed E-state index contributed by atoms with van der Waals surface area (Å²) in [5.74, 6) is 0.0202. The third-order valence-corrected chi connectivity index (χ3v) is 5.16. The number of aromatic nitrogens is 1. The monoisotopic (exact) mass is 431 g/mol. The number of carbonyl (C=O) groups is 1. The Balaban J connectivity index is 1.87. The fraction of sp³-hybridized carbons (Fsp3) is 0.273. The van der Waals surface area contributed by atoms with Crippen molar-refractivity contribution in [1.29, 1.82) is 0 Å². The molecule has 8 heteroatoms. The van der Waals surface area contributed by atoms with E-state index in [1.807, 2.05) is 43.3 Å². The molecule has 2 aromatic carbocycles. The summed E-state index contributed by atoms with van der Waals surface area (Å²) in [6.07, 6.45) is 0. The molecule has 158 valence electrons. The van der Waals surface area contributed by atoms with Crippen LogP contribution in [-0.2, 0) is 0 Å². The van der Waals surface area contributed by atoms with E-state index in [1.54, 1.807) is 14.0 Å². The Morgan fingerprint density at radius 3 is 2.70 bits per heavy atom. The van der Waals surface area contributed by atoms with Crippen molar-refractivity contribution in [2.75, 3.05) is 27.7 Å². The highest BCUT2D eigenvalue weighted by atomic mass is 35.5. The van der Waals surface area contributed by atoms with E-state index in [1.165, 1.54) is 18.2 Å². The molecule has 0 fully saturated rings. The highest BCUT2D eigenvalue weighted by Gasteiger charge is 2.26. The van der Waals surface area contributed by atoms with Crippen LogP contribution in [0.15, 0.2) is 47.0 Å². The van der Waals surface area contributed by atoms with Gasteiger partial charge in [0.15, 0.2) is 0 Å². The Morgan fingerprint density at radius 1 is 1.30 bits per heavy atom. The van der Waals surface area contributed by atoms with Crippen LogP contribution in [0.4, 0.5) is 4.39 Å². The summed E-state index contributed by atoms with van der Waals surface area (Å²) in [4.78, 5) is 15.0.